The van der Waals surface area contributed by atoms with E-state index in [-0.39, 0.29) is 0 Å². The molecule has 0 heterocycles. The fourth-order valence-corrected chi connectivity index (χ4v) is 0.866. The molecule has 0 unspecified atom stereocenters. The zero-order valence-electron chi connectivity index (χ0n) is 7.82. The highest BCUT2D eigenvalue weighted by Crippen LogP contribution is 2.09. The van der Waals surface area contributed by atoms with Crippen molar-refractivity contribution < 1.29 is 17.5 Å². The minimum absolute atomic E-state index is 0.986. The molecule has 0 aliphatic heterocycles. The van der Waals surface area contributed by atoms with E-state index in [1.807, 2.05) is 0 Å². The van der Waals surface area contributed by atoms with E-state index in [1.54, 1.807) is 0 Å². The van der Waals surface area contributed by atoms with Crippen LogP contribution in [0.25, 0.3) is 0 Å². The van der Waals surface area contributed by atoms with Gasteiger partial charge in [0.25, 0.3) is 0 Å². The Morgan fingerprint density at radius 1 is 1.00 bits per heavy atom. The Morgan fingerprint density at radius 2 is 1.17 bits per heavy atom. The van der Waals surface area contributed by atoms with Crippen molar-refractivity contribution in [3.8, 4) is 0 Å². The summed E-state index contributed by atoms with van der Waals surface area (Å²) in [5.41, 5.74) is 0. The summed E-state index contributed by atoms with van der Waals surface area (Å²) in [6.45, 7) is 6.78. The maximum Gasteiger partial charge on any atom is 0.394 e. The lowest BCUT2D eigenvalue weighted by Crippen LogP contribution is -1.91. The summed E-state index contributed by atoms with van der Waals surface area (Å²) in [7, 11) is -4.67. The fraction of sp³-hybridized carbons (Fsp3) is 1.00. The molecule has 12 heavy (non-hydrogen) atoms. The lowest BCUT2D eigenvalue weighted by Gasteiger charge is -2.05. The maximum atomic E-state index is 8.74. The average molecular weight is 198 g/mol. The van der Waals surface area contributed by atoms with E-state index in [2.05, 4.69) is 20.8 Å². The van der Waals surface area contributed by atoms with Crippen molar-refractivity contribution in [3.05, 3.63) is 0 Å². The van der Waals surface area contributed by atoms with Crippen LogP contribution >= 0.6 is 0 Å². The largest absolute Gasteiger partial charge is 0.394 e. The quantitative estimate of drug-likeness (QED) is 0.681. The van der Waals surface area contributed by atoms with Gasteiger partial charge in [0, 0.05) is 0 Å². The van der Waals surface area contributed by atoms with Crippen LogP contribution in [0.15, 0.2) is 0 Å². The van der Waals surface area contributed by atoms with Crippen LogP contribution in [0.4, 0.5) is 0 Å². The van der Waals surface area contributed by atoms with Crippen LogP contribution in [0.2, 0.25) is 0 Å². The van der Waals surface area contributed by atoms with Crippen molar-refractivity contribution in [2.24, 2.45) is 5.92 Å². The van der Waals surface area contributed by atoms with Crippen molar-refractivity contribution >= 4 is 10.4 Å². The SMILES string of the molecule is CCC(CC)CC.O=S(=O)(O)O. The lowest BCUT2D eigenvalue weighted by atomic mass is 10.0. The van der Waals surface area contributed by atoms with E-state index < -0.39 is 10.4 Å². The van der Waals surface area contributed by atoms with Gasteiger partial charge >= 0.3 is 10.4 Å². The van der Waals surface area contributed by atoms with Crippen LogP contribution in [0.5, 0.6) is 0 Å². The minimum Gasteiger partial charge on any atom is -0.264 e. The summed E-state index contributed by atoms with van der Waals surface area (Å²) in [5, 5.41) is 0. The van der Waals surface area contributed by atoms with Gasteiger partial charge in [0.15, 0.2) is 0 Å². The third-order valence-corrected chi connectivity index (χ3v) is 1.73. The van der Waals surface area contributed by atoms with Crippen molar-refractivity contribution in [2.45, 2.75) is 40.0 Å². The second kappa shape index (κ2) is 7.52. The van der Waals surface area contributed by atoms with E-state index >= 15 is 0 Å². The molecule has 0 saturated carbocycles. The summed E-state index contributed by atoms with van der Waals surface area (Å²) in [6, 6.07) is 0. The first-order valence-corrected chi connectivity index (χ1v) is 5.44. The minimum atomic E-state index is -4.67. The van der Waals surface area contributed by atoms with Gasteiger partial charge < -0.3 is 0 Å². The highest BCUT2D eigenvalue weighted by molar-refractivity contribution is 7.79. The Labute approximate surface area is 74.6 Å². The molecule has 0 bridgehead atoms. The summed E-state index contributed by atoms with van der Waals surface area (Å²) in [6.07, 6.45) is 4.06. The molecule has 0 spiro atoms. The third kappa shape index (κ3) is 22.5. The Hall–Kier alpha value is -0.130. The van der Waals surface area contributed by atoms with Crippen LogP contribution in [-0.4, -0.2) is 17.5 Å². The molecule has 0 rings (SSSR count). The van der Waals surface area contributed by atoms with Crippen LogP contribution in [-0.2, 0) is 10.4 Å². The van der Waals surface area contributed by atoms with Gasteiger partial charge in [-0.2, -0.15) is 8.42 Å². The monoisotopic (exact) mass is 198 g/mol. The van der Waals surface area contributed by atoms with Gasteiger partial charge in [0.2, 0.25) is 0 Å². The molecule has 0 aromatic carbocycles. The van der Waals surface area contributed by atoms with Crippen molar-refractivity contribution in [2.75, 3.05) is 0 Å². The van der Waals surface area contributed by atoms with Gasteiger partial charge in [-0.15, -0.1) is 0 Å². The van der Waals surface area contributed by atoms with E-state index in [1.165, 1.54) is 19.3 Å². The molecule has 5 heteroatoms. The number of hydrogen-bond acceptors (Lipinski definition) is 2. The molecule has 0 aromatic rings. The fourth-order valence-electron chi connectivity index (χ4n) is 0.866. The molecule has 76 valence electrons. The number of rotatable bonds is 3. The molecule has 0 aromatic heterocycles. The molecule has 0 saturated heterocycles. The first-order chi connectivity index (χ1) is 5.35. The standard InChI is InChI=1S/C7H16.H2O4S/c1-4-7(5-2)6-3;1-5(2,3)4/h7H,4-6H2,1-3H3;(H2,1,2,3,4). The molecule has 4 nitrogen and oxygen atoms in total. The Kier molecular flexibility index (Phi) is 9.02. The average Bonchev–Trinajstić information content (AvgIpc) is 1.88. The second-order valence-electron chi connectivity index (χ2n) is 2.54. The smallest absolute Gasteiger partial charge is 0.264 e. The highest BCUT2D eigenvalue weighted by atomic mass is 32.3. The molecule has 0 fully saturated rings. The first-order valence-electron chi connectivity index (χ1n) is 4.04. The second-order valence-corrected chi connectivity index (χ2v) is 3.43. The maximum absolute atomic E-state index is 8.74. The Morgan fingerprint density at radius 3 is 1.17 bits per heavy atom. The first kappa shape index (κ1) is 14.4. The molecule has 2 N–H and O–H groups in total. The predicted molar refractivity (Wildman–Crippen MR) is 48.5 cm³/mol. The van der Waals surface area contributed by atoms with Crippen LogP contribution < -0.4 is 0 Å². The van der Waals surface area contributed by atoms with E-state index in [0.29, 0.717) is 0 Å². The summed E-state index contributed by atoms with van der Waals surface area (Å²) in [4.78, 5) is 0. The van der Waals surface area contributed by atoms with Crippen LogP contribution in [0, 0.1) is 5.92 Å². The van der Waals surface area contributed by atoms with Gasteiger partial charge in [0.05, 0.1) is 0 Å². The molecule has 0 aliphatic carbocycles. The molecule has 0 amide bonds. The van der Waals surface area contributed by atoms with Crippen molar-refractivity contribution in [3.63, 3.8) is 0 Å². The molecule has 0 atom stereocenters. The summed E-state index contributed by atoms with van der Waals surface area (Å²) >= 11 is 0. The molecular formula is C7H18O4S. The third-order valence-electron chi connectivity index (χ3n) is 1.73. The number of hydrogen-bond donors (Lipinski definition) is 2. The van der Waals surface area contributed by atoms with Gasteiger partial charge in [-0.05, 0) is 5.92 Å². The van der Waals surface area contributed by atoms with Crippen LogP contribution in [0.3, 0.4) is 0 Å². The zero-order chi connectivity index (χ0) is 10.2. The molecule has 0 aliphatic rings. The Balaban J connectivity index is 0. The molecule has 0 radical (unpaired) electrons. The van der Waals surface area contributed by atoms with Gasteiger partial charge in [-0.3, -0.25) is 9.11 Å². The van der Waals surface area contributed by atoms with E-state index in [0.717, 1.165) is 5.92 Å². The lowest BCUT2D eigenvalue weighted by molar-refractivity contribution is 0.381. The van der Waals surface area contributed by atoms with Crippen LogP contribution in [0.1, 0.15) is 40.0 Å². The summed E-state index contributed by atoms with van der Waals surface area (Å²) in [5.74, 6) is 0.986. The van der Waals surface area contributed by atoms with E-state index in [4.69, 9.17) is 17.5 Å². The highest BCUT2D eigenvalue weighted by Gasteiger charge is 1.95. The van der Waals surface area contributed by atoms with Gasteiger partial charge in [-0.1, -0.05) is 40.0 Å². The van der Waals surface area contributed by atoms with Gasteiger partial charge in [0.1, 0.15) is 0 Å². The van der Waals surface area contributed by atoms with E-state index in [9.17, 15) is 0 Å². The Bertz CT molecular complexity index is 156. The predicted octanol–water partition coefficient (Wildman–Crippen LogP) is 2.18. The summed E-state index contributed by atoms with van der Waals surface area (Å²) < 4.78 is 31.6. The zero-order valence-corrected chi connectivity index (χ0v) is 8.63. The van der Waals surface area contributed by atoms with Crippen molar-refractivity contribution in [1.82, 2.24) is 0 Å². The topological polar surface area (TPSA) is 74.6 Å². The normalized spacial score (nSPS) is 10.8. The van der Waals surface area contributed by atoms with Crippen molar-refractivity contribution in [1.29, 1.82) is 0 Å². The molecular weight excluding hydrogens is 180 g/mol. The van der Waals surface area contributed by atoms with Gasteiger partial charge in [-0.25, -0.2) is 0 Å².